The van der Waals surface area contributed by atoms with Gasteiger partial charge in [-0.05, 0) is 47.2 Å². The zero-order valence-corrected chi connectivity index (χ0v) is 22.0. The molecule has 0 aromatic heterocycles. The van der Waals surface area contributed by atoms with Gasteiger partial charge in [0.25, 0.3) is 0 Å². The Balaban J connectivity index is 1.31. The average Bonchev–Trinajstić information content (AvgIpc) is 2.95. The second-order valence-electron chi connectivity index (χ2n) is 9.09. The number of oxime groups is 1. The predicted molar refractivity (Wildman–Crippen MR) is 146 cm³/mol. The van der Waals surface area contributed by atoms with Crippen LogP contribution in [0.3, 0.4) is 0 Å². The molecule has 1 fully saturated rings. The summed E-state index contributed by atoms with van der Waals surface area (Å²) in [5, 5.41) is 25.2. The van der Waals surface area contributed by atoms with Gasteiger partial charge in [-0.1, -0.05) is 35.5 Å². The maximum Gasteiger partial charge on any atom is 0.323 e. The van der Waals surface area contributed by atoms with Crippen molar-refractivity contribution in [2.24, 2.45) is 10.9 Å². The Morgan fingerprint density at radius 1 is 1.02 bits per heavy atom. The molecule has 3 aromatic carbocycles. The number of carbonyl (C=O) groups is 3. The van der Waals surface area contributed by atoms with Gasteiger partial charge in [-0.3, -0.25) is 14.4 Å². The highest BCUT2D eigenvalue weighted by Gasteiger charge is 2.28. The maximum absolute atomic E-state index is 12.8. The van der Waals surface area contributed by atoms with E-state index < -0.39 is 34.5 Å². The van der Waals surface area contributed by atoms with Crippen molar-refractivity contribution < 1.29 is 33.1 Å². The fourth-order valence-corrected chi connectivity index (χ4v) is 5.44. The van der Waals surface area contributed by atoms with Crippen molar-refractivity contribution in [3.05, 3.63) is 72.3 Å². The molecule has 4 rings (SSSR count). The van der Waals surface area contributed by atoms with Crippen LogP contribution in [0.5, 0.6) is 0 Å². The fourth-order valence-electron chi connectivity index (χ4n) is 4.21. The van der Waals surface area contributed by atoms with Crippen LogP contribution in [0.25, 0.3) is 10.8 Å². The first kappa shape index (κ1) is 28.3. The van der Waals surface area contributed by atoms with E-state index in [9.17, 15) is 27.9 Å². The molecule has 0 radical (unpaired) electrons. The SMILES string of the molecule is NC(=NO)c1ccc(N2CCN(CC(=O)NC[C@H](NS(=O)(=O)c3ccc4ccccc4c3)C(=O)O)C(=O)C2)cc1. The Kier molecular flexibility index (Phi) is 8.50. The molecule has 0 unspecified atom stereocenters. The van der Waals surface area contributed by atoms with Crippen molar-refractivity contribution in [3.63, 3.8) is 0 Å². The summed E-state index contributed by atoms with van der Waals surface area (Å²) in [7, 11) is -4.20. The highest BCUT2D eigenvalue weighted by Crippen LogP contribution is 2.20. The summed E-state index contributed by atoms with van der Waals surface area (Å²) in [5.74, 6) is -2.44. The third-order valence-corrected chi connectivity index (χ3v) is 7.89. The van der Waals surface area contributed by atoms with Gasteiger partial charge in [-0.2, -0.15) is 4.72 Å². The number of nitrogens with one attached hydrogen (secondary N) is 2. The molecule has 0 spiro atoms. The summed E-state index contributed by atoms with van der Waals surface area (Å²) in [6.45, 7) is -0.128. The predicted octanol–water partition coefficient (Wildman–Crippen LogP) is 0.131. The molecule has 1 atom stereocenters. The molecule has 0 bridgehead atoms. The number of piperazine rings is 1. The number of amidine groups is 1. The lowest BCUT2D eigenvalue weighted by Gasteiger charge is -2.35. The Morgan fingerprint density at radius 3 is 2.38 bits per heavy atom. The van der Waals surface area contributed by atoms with E-state index >= 15 is 0 Å². The van der Waals surface area contributed by atoms with E-state index in [4.69, 9.17) is 10.9 Å². The minimum Gasteiger partial charge on any atom is -0.480 e. The average molecular weight is 569 g/mol. The monoisotopic (exact) mass is 568 g/mol. The molecule has 1 aliphatic rings. The second kappa shape index (κ2) is 12.0. The van der Waals surface area contributed by atoms with Crippen molar-refractivity contribution in [2.45, 2.75) is 10.9 Å². The minimum absolute atomic E-state index is 0.0134. The molecule has 3 aromatic rings. The van der Waals surface area contributed by atoms with Crippen molar-refractivity contribution in [1.29, 1.82) is 0 Å². The van der Waals surface area contributed by atoms with Crippen LogP contribution in [-0.4, -0.2) is 86.0 Å². The number of hydrogen-bond acceptors (Lipinski definition) is 8. The number of fused-ring (bicyclic) bond motifs is 1. The molecule has 1 heterocycles. The Hall–Kier alpha value is -4.69. The molecule has 2 amide bonds. The van der Waals surface area contributed by atoms with Crippen molar-refractivity contribution in [1.82, 2.24) is 14.9 Å². The minimum atomic E-state index is -4.20. The van der Waals surface area contributed by atoms with E-state index in [1.54, 1.807) is 42.5 Å². The van der Waals surface area contributed by atoms with Crippen molar-refractivity contribution in [2.75, 3.05) is 37.6 Å². The fraction of sp³-hybridized carbons (Fsp3) is 0.231. The Morgan fingerprint density at radius 2 is 1.73 bits per heavy atom. The molecule has 1 saturated heterocycles. The van der Waals surface area contributed by atoms with Gasteiger partial charge in [-0.15, -0.1) is 0 Å². The van der Waals surface area contributed by atoms with E-state index in [0.717, 1.165) is 11.1 Å². The van der Waals surface area contributed by atoms with Crippen LogP contribution >= 0.6 is 0 Å². The molecule has 13 nitrogen and oxygen atoms in total. The molecule has 14 heteroatoms. The highest BCUT2D eigenvalue weighted by molar-refractivity contribution is 7.89. The van der Waals surface area contributed by atoms with Gasteiger partial charge in [-0.25, -0.2) is 8.42 Å². The Labute approximate surface area is 229 Å². The Bertz CT molecular complexity index is 1560. The van der Waals surface area contributed by atoms with E-state index in [2.05, 4.69) is 15.2 Å². The number of benzene rings is 3. The van der Waals surface area contributed by atoms with Crippen LogP contribution in [0.1, 0.15) is 5.56 Å². The van der Waals surface area contributed by atoms with Crippen molar-refractivity contribution in [3.8, 4) is 0 Å². The number of carboxylic acids is 1. The lowest BCUT2D eigenvalue weighted by molar-refractivity contribution is -0.139. The quantitative estimate of drug-likeness (QED) is 0.0978. The molecule has 0 saturated carbocycles. The molecule has 0 aliphatic carbocycles. The zero-order valence-electron chi connectivity index (χ0n) is 21.2. The smallest absolute Gasteiger partial charge is 0.323 e. The van der Waals surface area contributed by atoms with E-state index in [1.165, 1.54) is 17.0 Å². The molecular weight excluding hydrogens is 540 g/mol. The maximum atomic E-state index is 12.8. The van der Waals surface area contributed by atoms with Gasteiger partial charge in [0.1, 0.15) is 6.04 Å². The summed E-state index contributed by atoms with van der Waals surface area (Å²) < 4.78 is 27.8. The molecule has 210 valence electrons. The van der Waals surface area contributed by atoms with Gasteiger partial charge < -0.3 is 31.2 Å². The summed E-state index contributed by atoms with van der Waals surface area (Å²) >= 11 is 0. The highest BCUT2D eigenvalue weighted by atomic mass is 32.2. The van der Waals surface area contributed by atoms with Crippen LogP contribution in [0, 0.1) is 0 Å². The first-order valence-electron chi connectivity index (χ1n) is 12.2. The number of hydrogen-bond donors (Lipinski definition) is 5. The van der Waals surface area contributed by atoms with Crippen LogP contribution in [0.15, 0.2) is 76.8 Å². The van der Waals surface area contributed by atoms with Crippen LogP contribution in [0.2, 0.25) is 0 Å². The summed E-state index contributed by atoms with van der Waals surface area (Å²) in [5.41, 5.74) is 6.83. The first-order chi connectivity index (χ1) is 19.1. The van der Waals surface area contributed by atoms with Gasteiger partial charge in [0.15, 0.2) is 5.84 Å². The molecule has 6 N–H and O–H groups in total. The van der Waals surface area contributed by atoms with Crippen LogP contribution in [-0.2, 0) is 24.4 Å². The summed E-state index contributed by atoms with van der Waals surface area (Å²) in [6.07, 6.45) is 0. The largest absolute Gasteiger partial charge is 0.480 e. The number of anilines is 1. The summed E-state index contributed by atoms with van der Waals surface area (Å²) in [4.78, 5) is 40.0. The number of sulfonamides is 1. The number of carbonyl (C=O) groups excluding carboxylic acids is 2. The molecule has 40 heavy (non-hydrogen) atoms. The topological polar surface area (TPSA) is 195 Å². The zero-order chi connectivity index (χ0) is 28.9. The lowest BCUT2D eigenvalue weighted by Crippen LogP contribution is -2.54. The number of carboxylic acid groups (broad SMARTS) is 1. The van der Waals surface area contributed by atoms with Crippen LogP contribution < -0.4 is 20.7 Å². The van der Waals surface area contributed by atoms with Gasteiger partial charge in [0.2, 0.25) is 21.8 Å². The number of rotatable bonds is 10. The van der Waals surface area contributed by atoms with Gasteiger partial charge in [0, 0.05) is 30.9 Å². The first-order valence-corrected chi connectivity index (χ1v) is 13.7. The lowest BCUT2D eigenvalue weighted by atomic mass is 10.1. The van der Waals surface area contributed by atoms with Crippen molar-refractivity contribution >= 4 is 50.1 Å². The van der Waals surface area contributed by atoms with E-state index in [1.807, 2.05) is 17.0 Å². The summed E-state index contributed by atoms with van der Waals surface area (Å²) in [6, 6.07) is 16.7. The normalized spacial score (nSPS) is 15.2. The number of nitrogens with two attached hydrogens (primary N) is 1. The molecule has 1 aliphatic heterocycles. The number of nitrogens with zero attached hydrogens (tertiary/aromatic N) is 3. The van der Waals surface area contributed by atoms with Gasteiger partial charge in [0.05, 0.1) is 18.0 Å². The van der Waals surface area contributed by atoms with Gasteiger partial charge >= 0.3 is 5.97 Å². The number of amides is 2. The van der Waals surface area contributed by atoms with E-state index in [0.29, 0.717) is 17.5 Å². The molecular formula is C26H28N6O7S. The standard InChI is InChI=1S/C26H28N6O7S/c27-25(29-37)18-5-8-20(9-6-18)31-11-12-32(24(34)16-31)15-23(33)28-14-22(26(35)36)30-40(38,39)21-10-7-17-3-1-2-4-19(17)13-21/h1-10,13,22,30,37H,11-12,14-16H2,(H2,27,29)(H,28,33)(H,35,36)/t22-/m0/s1. The number of aliphatic carboxylic acids is 1. The van der Waals surface area contributed by atoms with Crippen LogP contribution in [0.4, 0.5) is 5.69 Å². The third-order valence-electron chi connectivity index (χ3n) is 6.42. The third kappa shape index (κ3) is 6.65. The van der Waals surface area contributed by atoms with E-state index in [-0.39, 0.29) is 36.3 Å². The second-order valence-corrected chi connectivity index (χ2v) is 10.8.